The maximum Gasteiger partial charge on any atom is 0.225 e. The molecule has 1 aliphatic rings. The largest absolute Gasteiger partial charge is 0.494 e. The molecule has 0 atom stereocenters. The number of nitrogens with one attached hydrogen (secondary N) is 1. The van der Waals surface area contributed by atoms with Gasteiger partial charge < -0.3 is 15.2 Å². The van der Waals surface area contributed by atoms with E-state index in [9.17, 15) is 4.79 Å². The summed E-state index contributed by atoms with van der Waals surface area (Å²) < 4.78 is 5.39. The highest BCUT2D eigenvalue weighted by Gasteiger charge is 2.16. The molecular formula is C17H27N3O3. The van der Waals surface area contributed by atoms with Gasteiger partial charge in [-0.05, 0) is 24.6 Å². The zero-order valence-electron chi connectivity index (χ0n) is 13.8. The summed E-state index contributed by atoms with van der Waals surface area (Å²) in [6.45, 7) is 7.84. The number of benzene rings is 1. The van der Waals surface area contributed by atoms with Crippen molar-refractivity contribution in [3.05, 3.63) is 29.8 Å². The molecule has 0 aliphatic carbocycles. The molecule has 0 aromatic heterocycles. The van der Waals surface area contributed by atoms with Crippen molar-refractivity contribution in [3.63, 3.8) is 0 Å². The molecular weight excluding hydrogens is 294 g/mol. The lowest BCUT2D eigenvalue weighted by atomic mass is 10.1. The van der Waals surface area contributed by atoms with E-state index in [2.05, 4.69) is 15.1 Å². The third-order valence-electron chi connectivity index (χ3n) is 3.98. The zero-order chi connectivity index (χ0) is 16.5. The van der Waals surface area contributed by atoms with Gasteiger partial charge in [-0.15, -0.1) is 0 Å². The minimum atomic E-state index is 0.0342. The number of ether oxygens (including phenoxy) is 1. The van der Waals surface area contributed by atoms with E-state index in [1.165, 1.54) is 0 Å². The second-order valence-electron chi connectivity index (χ2n) is 5.70. The molecule has 1 fully saturated rings. The van der Waals surface area contributed by atoms with Crippen LogP contribution in [-0.2, 0) is 11.2 Å². The van der Waals surface area contributed by atoms with Gasteiger partial charge >= 0.3 is 0 Å². The molecule has 0 radical (unpaired) electrons. The van der Waals surface area contributed by atoms with E-state index in [0.717, 1.165) is 44.0 Å². The SMILES string of the molecule is CCOc1ccc(CC(=O)NCN2CCN(CCO)CC2)cc1. The maximum absolute atomic E-state index is 12.0. The summed E-state index contributed by atoms with van der Waals surface area (Å²) >= 11 is 0. The second kappa shape index (κ2) is 9.50. The van der Waals surface area contributed by atoms with Crippen LogP contribution in [0.3, 0.4) is 0 Å². The Kier molecular flexibility index (Phi) is 7.32. The Bertz CT molecular complexity index is 470. The van der Waals surface area contributed by atoms with Crippen LogP contribution in [0.2, 0.25) is 0 Å². The molecule has 1 aliphatic heterocycles. The smallest absolute Gasteiger partial charge is 0.225 e. The fourth-order valence-corrected chi connectivity index (χ4v) is 2.63. The van der Waals surface area contributed by atoms with Gasteiger partial charge in [0.25, 0.3) is 0 Å². The standard InChI is InChI=1S/C17H27N3O3/c1-2-23-16-5-3-15(4-6-16)13-17(22)18-14-20-9-7-19(8-10-20)11-12-21/h3-6,21H,2,7-14H2,1H3,(H,18,22). The molecule has 1 aromatic rings. The molecule has 0 saturated carbocycles. The van der Waals surface area contributed by atoms with E-state index in [-0.39, 0.29) is 12.5 Å². The molecule has 1 aromatic carbocycles. The normalized spacial score (nSPS) is 16.3. The lowest BCUT2D eigenvalue weighted by molar-refractivity contribution is -0.121. The van der Waals surface area contributed by atoms with Crippen LogP contribution in [0, 0.1) is 0 Å². The van der Waals surface area contributed by atoms with Gasteiger partial charge in [0.2, 0.25) is 5.91 Å². The van der Waals surface area contributed by atoms with Crippen LogP contribution < -0.4 is 10.1 Å². The highest BCUT2D eigenvalue weighted by molar-refractivity contribution is 5.78. The van der Waals surface area contributed by atoms with E-state index in [0.29, 0.717) is 19.7 Å². The van der Waals surface area contributed by atoms with E-state index in [1.54, 1.807) is 0 Å². The van der Waals surface area contributed by atoms with Gasteiger partial charge in [-0.1, -0.05) is 12.1 Å². The van der Waals surface area contributed by atoms with Gasteiger partial charge in [0.05, 0.1) is 26.3 Å². The van der Waals surface area contributed by atoms with Gasteiger partial charge in [-0.2, -0.15) is 0 Å². The van der Waals surface area contributed by atoms with Crippen molar-refractivity contribution in [3.8, 4) is 5.75 Å². The van der Waals surface area contributed by atoms with Gasteiger partial charge in [0, 0.05) is 32.7 Å². The average molecular weight is 321 g/mol. The topological polar surface area (TPSA) is 65.0 Å². The predicted molar refractivity (Wildman–Crippen MR) is 89.4 cm³/mol. The highest BCUT2D eigenvalue weighted by atomic mass is 16.5. The monoisotopic (exact) mass is 321 g/mol. The Balaban J connectivity index is 1.67. The number of carbonyl (C=O) groups excluding carboxylic acids is 1. The molecule has 0 unspecified atom stereocenters. The first-order valence-electron chi connectivity index (χ1n) is 8.25. The Morgan fingerprint density at radius 2 is 1.83 bits per heavy atom. The van der Waals surface area contributed by atoms with Crippen LogP contribution in [0.1, 0.15) is 12.5 Å². The van der Waals surface area contributed by atoms with Crippen LogP contribution in [0.5, 0.6) is 5.75 Å². The number of piperazine rings is 1. The number of aliphatic hydroxyl groups is 1. The third-order valence-corrected chi connectivity index (χ3v) is 3.98. The molecule has 1 amide bonds. The Morgan fingerprint density at radius 1 is 1.17 bits per heavy atom. The fourth-order valence-electron chi connectivity index (χ4n) is 2.63. The molecule has 1 heterocycles. The summed E-state index contributed by atoms with van der Waals surface area (Å²) in [4.78, 5) is 16.5. The first kappa shape index (κ1) is 17.7. The van der Waals surface area contributed by atoms with Crippen molar-refractivity contribution >= 4 is 5.91 Å². The predicted octanol–water partition coefficient (Wildman–Crippen LogP) is 0.311. The van der Waals surface area contributed by atoms with Gasteiger partial charge in [-0.3, -0.25) is 14.6 Å². The molecule has 0 bridgehead atoms. The lowest BCUT2D eigenvalue weighted by Crippen LogP contribution is -2.50. The Labute approximate surface area is 138 Å². The minimum Gasteiger partial charge on any atom is -0.494 e. The van der Waals surface area contributed by atoms with Crippen molar-refractivity contribution in [2.75, 3.05) is 52.6 Å². The van der Waals surface area contributed by atoms with Crippen molar-refractivity contribution in [1.82, 2.24) is 15.1 Å². The van der Waals surface area contributed by atoms with Crippen LogP contribution in [-0.4, -0.2) is 73.4 Å². The molecule has 2 rings (SSSR count). The minimum absolute atomic E-state index is 0.0342. The molecule has 1 saturated heterocycles. The van der Waals surface area contributed by atoms with Gasteiger partial charge in [0.15, 0.2) is 0 Å². The summed E-state index contributed by atoms with van der Waals surface area (Å²) in [5.41, 5.74) is 0.985. The first-order valence-corrected chi connectivity index (χ1v) is 8.25. The number of hydrogen-bond donors (Lipinski definition) is 2. The summed E-state index contributed by atoms with van der Waals surface area (Å²) in [5, 5.41) is 11.9. The Morgan fingerprint density at radius 3 is 2.43 bits per heavy atom. The van der Waals surface area contributed by atoms with Crippen LogP contribution >= 0.6 is 0 Å². The fraction of sp³-hybridized carbons (Fsp3) is 0.588. The number of carbonyl (C=O) groups is 1. The summed E-state index contributed by atoms with van der Waals surface area (Å²) in [6, 6.07) is 7.65. The number of rotatable bonds is 8. The van der Waals surface area contributed by atoms with Gasteiger partial charge in [-0.25, -0.2) is 0 Å². The average Bonchev–Trinajstić information content (AvgIpc) is 2.57. The molecule has 128 valence electrons. The number of amides is 1. The molecule has 6 heteroatoms. The Hall–Kier alpha value is -1.63. The quantitative estimate of drug-likeness (QED) is 0.721. The van der Waals surface area contributed by atoms with Crippen molar-refractivity contribution in [2.45, 2.75) is 13.3 Å². The number of hydrogen-bond acceptors (Lipinski definition) is 5. The number of nitrogens with zero attached hydrogens (tertiary/aromatic N) is 2. The summed E-state index contributed by atoms with van der Waals surface area (Å²) in [7, 11) is 0. The first-order chi connectivity index (χ1) is 11.2. The van der Waals surface area contributed by atoms with Crippen molar-refractivity contribution in [1.29, 1.82) is 0 Å². The number of aliphatic hydroxyl groups excluding tert-OH is 1. The van der Waals surface area contributed by atoms with Crippen LogP contribution in [0.25, 0.3) is 0 Å². The summed E-state index contributed by atoms with van der Waals surface area (Å²) in [6.07, 6.45) is 0.386. The molecule has 6 nitrogen and oxygen atoms in total. The highest BCUT2D eigenvalue weighted by Crippen LogP contribution is 2.12. The second-order valence-corrected chi connectivity index (χ2v) is 5.70. The molecule has 0 spiro atoms. The molecule has 2 N–H and O–H groups in total. The van der Waals surface area contributed by atoms with E-state index >= 15 is 0 Å². The van der Waals surface area contributed by atoms with E-state index in [1.807, 2.05) is 31.2 Å². The van der Waals surface area contributed by atoms with E-state index in [4.69, 9.17) is 9.84 Å². The van der Waals surface area contributed by atoms with Crippen molar-refractivity contribution in [2.24, 2.45) is 0 Å². The third kappa shape index (κ3) is 6.17. The van der Waals surface area contributed by atoms with Crippen LogP contribution in [0.15, 0.2) is 24.3 Å². The zero-order valence-corrected chi connectivity index (χ0v) is 13.8. The lowest BCUT2D eigenvalue weighted by Gasteiger charge is -2.34. The summed E-state index contributed by atoms with van der Waals surface area (Å²) in [5.74, 6) is 0.865. The maximum atomic E-state index is 12.0. The van der Waals surface area contributed by atoms with Crippen LogP contribution in [0.4, 0.5) is 0 Å². The number of β-amino-alcohol motifs (C(OH)–C–C–N with tert-alkyl or cyclic N) is 1. The molecule has 23 heavy (non-hydrogen) atoms. The van der Waals surface area contributed by atoms with Gasteiger partial charge in [0.1, 0.15) is 5.75 Å². The van der Waals surface area contributed by atoms with E-state index < -0.39 is 0 Å². The van der Waals surface area contributed by atoms with Crippen molar-refractivity contribution < 1.29 is 14.6 Å².